The Morgan fingerprint density at radius 1 is 0.851 bits per heavy atom. The number of piperazine rings is 1. The molecule has 1 aromatic heterocycles. The fourth-order valence-electron chi connectivity index (χ4n) is 5.14. The van der Waals surface area contributed by atoms with Crippen LogP contribution in [0, 0.1) is 17.8 Å². The van der Waals surface area contributed by atoms with Crippen molar-refractivity contribution in [1.82, 2.24) is 19.3 Å². The summed E-state index contributed by atoms with van der Waals surface area (Å²) in [6, 6.07) is 28.1. The number of carboxylic acids is 1. The molecule has 242 valence electrons. The summed E-state index contributed by atoms with van der Waals surface area (Å²) in [7, 11) is -3.93. The van der Waals surface area contributed by atoms with Crippen molar-refractivity contribution in [3.8, 4) is 23.0 Å². The van der Waals surface area contributed by atoms with Gasteiger partial charge in [0, 0.05) is 55.7 Å². The molecule has 1 saturated heterocycles. The highest BCUT2D eigenvalue weighted by Gasteiger charge is 2.33. The highest BCUT2D eigenvalue weighted by atomic mass is 32.2. The van der Waals surface area contributed by atoms with Crippen LogP contribution < -0.4 is 14.9 Å². The molecule has 3 aromatic carbocycles. The maximum Gasteiger partial charge on any atom is 0.322 e. The van der Waals surface area contributed by atoms with Crippen molar-refractivity contribution >= 4 is 27.8 Å². The number of anilines is 1. The van der Waals surface area contributed by atoms with E-state index in [0.717, 1.165) is 27.9 Å². The van der Waals surface area contributed by atoms with Crippen LogP contribution in [0.1, 0.15) is 41.0 Å². The number of benzene rings is 3. The fourth-order valence-corrected chi connectivity index (χ4v) is 6.63. The lowest BCUT2D eigenvalue weighted by Crippen LogP contribution is -2.55. The minimum atomic E-state index is -3.93. The second kappa shape index (κ2) is 15.0. The number of nitrogens with one attached hydrogen (secondary N) is 2. The van der Waals surface area contributed by atoms with Gasteiger partial charge in [-0.15, -0.1) is 0 Å². The molecular formula is C36H37N5O5S. The first-order valence-electron chi connectivity index (χ1n) is 15.3. The third-order valence-corrected chi connectivity index (χ3v) is 9.47. The van der Waals surface area contributed by atoms with Gasteiger partial charge in [0.2, 0.25) is 0 Å². The topological polar surface area (TPSA) is 132 Å². The third-order valence-electron chi connectivity index (χ3n) is 7.88. The number of hydrogen-bond donors (Lipinski definition) is 3. The lowest BCUT2D eigenvalue weighted by Gasteiger charge is -2.36. The van der Waals surface area contributed by atoms with E-state index >= 15 is 0 Å². The minimum Gasteiger partial charge on any atom is -0.480 e. The lowest BCUT2D eigenvalue weighted by atomic mass is 10.0. The molecule has 0 saturated carbocycles. The van der Waals surface area contributed by atoms with Crippen LogP contribution in [0.4, 0.5) is 5.69 Å². The van der Waals surface area contributed by atoms with Gasteiger partial charge in [-0.1, -0.05) is 80.3 Å². The molecule has 2 heterocycles. The monoisotopic (exact) mass is 651 g/mol. The molecule has 11 heteroatoms. The summed E-state index contributed by atoms with van der Waals surface area (Å²) in [5.74, 6) is 4.36. The Balaban J connectivity index is 1.13. The Morgan fingerprint density at radius 3 is 2.13 bits per heavy atom. The van der Waals surface area contributed by atoms with Crippen molar-refractivity contribution in [3.63, 3.8) is 0 Å². The van der Waals surface area contributed by atoms with Crippen molar-refractivity contribution in [2.75, 3.05) is 31.1 Å². The summed E-state index contributed by atoms with van der Waals surface area (Å²) < 4.78 is 29.2. The van der Waals surface area contributed by atoms with E-state index in [9.17, 15) is 23.1 Å². The van der Waals surface area contributed by atoms with Gasteiger partial charge in [-0.3, -0.25) is 14.6 Å². The summed E-state index contributed by atoms with van der Waals surface area (Å²) in [4.78, 5) is 30.6. The normalized spacial score (nSPS) is 14.2. The van der Waals surface area contributed by atoms with Crippen molar-refractivity contribution in [2.45, 2.75) is 26.4 Å². The van der Waals surface area contributed by atoms with Gasteiger partial charge in [-0.05, 0) is 59.0 Å². The summed E-state index contributed by atoms with van der Waals surface area (Å²) in [6.45, 7) is 5.10. The molecule has 3 N–H and O–H groups in total. The molecule has 0 unspecified atom stereocenters. The van der Waals surface area contributed by atoms with E-state index in [1.165, 1.54) is 4.31 Å². The predicted octanol–water partition coefficient (Wildman–Crippen LogP) is 4.14. The van der Waals surface area contributed by atoms with Crippen molar-refractivity contribution in [1.29, 1.82) is 0 Å². The number of carbonyl (C=O) groups is 2. The van der Waals surface area contributed by atoms with Crippen molar-refractivity contribution < 1.29 is 23.1 Å². The van der Waals surface area contributed by atoms with Gasteiger partial charge in [0.25, 0.3) is 16.1 Å². The highest BCUT2D eigenvalue weighted by molar-refractivity contribution is 7.87. The fraction of sp³-hybridized carbons (Fsp3) is 0.250. The summed E-state index contributed by atoms with van der Waals surface area (Å²) in [5.41, 5.74) is 5.90. The minimum absolute atomic E-state index is 0.236. The zero-order chi connectivity index (χ0) is 33.4. The Morgan fingerprint density at radius 2 is 1.49 bits per heavy atom. The van der Waals surface area contributed by atoms with Crippen molar-refractivity contribution in [3.05, 3.63) is 120 Å². The quantitative estimate of drug-likeness (QED) is 0.220. The zero-order valence-electron chi connectivity index (χ0n) is 26.3. The summed E-state index contributed by atoms with van der Waals surface area (Å²) in [5, 5.41) is 12.3. The largest absolute Gasteiger partial charge is 0.480 e. The molecule has 1 atom stereocenters. The highest BCUT2D eigenvalue weighted by Crippen LogP contribution is 2.20. The first kappa shape index (κ1) is 33.3. The van der Waals surface area contributed by atoms with Gasteiger partial charge in [0.1, 0.15) is 11.7 Å². The summed E-state index contributed by atoms with van der Waals surface area (Å²) in [6.07, 6.45) is 1.57. The second-order valence-electron chi connectivity index (χ2n) is 11.5. The van der Waals surface area contributed by atoms with Crippen LogP contribution in [0.5, 0.6) is 0 Å². The molecule has 0 bridgehead atoms. The van der Waals surface area contributed by atoms with E-state index in [0.29, 0.717) is 25.2 Å². The number of amides is 1. The maximum atomic E-state index is 12.8. The molecule has 10 nitrogen and oxygen atoms in total. The SMILES string of the molecule is CC(C)[C@@H](NS(=O)(=O)N1CCN(c2ccc(C#Cc3ccnc(C(=O)NCc4ccc(-c5ccccc5)cc4)c3)cc2)CC1)C(=O)O. The number of aliphatic carboxylic acids is 1. The Bertz CT molecular complexity index is 1860. The van der Waals surface area contributed by atoms with E-state index in [1.807, 2.05) is 66.7 Å². The predicted molar refractivity (Wildman–Crippen MR) is 182 cm³/mol. The van der Waals surface area contributed by atoms with E-state index in [2.05, 4.69) is 43.9 Å². The molecule has 1 amide bonds. The maximum absolute atomic E-state index is 12.8. The Kier molecular flexibility index (Phi) is 10.7. The molecule has 1 aliphatic heterocycles. The summed E-state index contributed by atoms with van der Waals surface area (Å²) >= 11 is 0. The molecular weight excluding hydrogens is 614 g/mol. The van der Waals surface area contributed by atoms with Crippen LogP contribution in [-0.2, 0) is 21.5 Å². The smallest absolute Gasteiger partial charge is 0.322 e. The lowest BCUT2D eigenvalue weighted by molar-refractivity contribution is -0.140. The standard InChI is InChI=1S/C36H37N5O5S/c1-26(2)34(36(43)44)39-47(45,46)41-22-20-40(21-23-41)32-16-12-27(13-17-32)8-9-28-18-19-37-33(24-28)35(42)38-25-29-10-14-31(15-11-29)30-6-4-3-5-7-30/h3-7,10-19,24,26,34,39H,20-23,25H2,1-2H3,(H,38,42)(H,43,44)/t34-/m1/s1. The second-order valence-corrected chi connectivity index (χ2v) is 13.2. The average molecular weight is 652 g/mol. The van der Waals surface area contributed by atoms with Crippen LogP contribution in [0.15, 0.2) is 97.2 Å². The molecule has 1 fully saturated rings. The number of carbonyl (C=O) groups excluding carboxylic acids is 1. The molecule has 0 spiro atoms. The van der Waals surface area contributed by atoms with Crippen molar-refractivity contribution in [2.24, 2.45) is 5.92 Å². The molecule has 1 aliphatic rings. The van der Waals surface area contributed by atoms with Crippen LogP contribution in [-0.4, -0.2) is 66.9 Å². The number of carboxylic acid groups (broad SMARTS) is 1. The molecule has 0 radical (unpaired) electrons. The van der Waals surface area contributed by atoms with Gasteiger partial charge < -0.3 is 15.3 Å². The van der Waals surface area contributed by atoms with Gasteiger partial charge in [0.05, 0.1) is 0 Å². The number of hydrogen-bond acceptors (Lipinski definition) is 6. The Labute approximate surface area is 275 Å². The first-order chi connectivity index (χ1) is 22.6. The third kappa shape index (κ3) is 8.83. The Hall–Kier alpha value is -5.02. The van der Waals surface area contributed by atoms with E-state index in [1.54, 1.807) is 32.2 Å². The number of rotatable bonds is 10. The number of aromatic nitrogens is 1. The first-order valence-corrected chi connectivity index (χ1v) is 16.8. The van der Waals surface area contributed by atoms with E-state index in [-0.39, 0.29) is 30.6 Å². The van der Waals surface area contributed by atoms with Gasteiger partial charge in [-0.2, -0.15) is 17.4 Å². The van der Waals surface area contributed by atoms with E-state index < -0.39 is 22.2 Å². The van der Waals surface area contributed by atoms with Crippen LogP contribution in [0.3, 0.4) is 0 Å². The zero-order valence-corrected chi connectivity index (χ0v) is 27.1. The van der Waals surface area contributed by atoms with Gasteiger partial charge in [-0.25, -0.2) is 0 Å². The average Bonchev–Trinajstić information content (AvgIpc) is 3.09. The number of nitrogens with zero attached hydrogens (tertiary/aromatic N) is 3. The molecule has 47 heavy (non-hydrogen) atoms. The number of pyridine rings is 1. The van der Waals surface area contributed by atoms with Gasteiger partial charge >= 0.3 is 5.97 Å². The molecule has 5 rings (SSSR count). The molecule has 0 aliphatic carbocycles. The van der Waals surface area contributed by atoms with Crippen LogP contribution in [0.2, 0.25) is 0 Å². The van der Waals surface area contributed by atoms with Crippen LogP contribution in [0.25, 0.3) is 11.1 Å². The van der Waals surface area contributed by atoms with Gasteiger partial charge in [0.15, 0.2) is 0 Å². The van der Waals surface area contributed by atoms with E-state index in [4.69, 9.17) is 0 Å². The van der Waals surface area contributed by atoms with Crippen LogP contribution >= 0.6 is 0 Å². The molecule has 4 aromatic rings.